The molecule has 2 atom stereocenters. The van der Waals surface area contributed by atoms with E-state index in [4.69, 9.17) is 4.74 Å². The molecule has 190 valence electrons. The maximum atomic E-state index is 14.5. The summed E-state index contributed by atoms with van der Waals surface area (Å²) in [5.74, 6) is -0.400. The lowest BCUT2D eigenvalue weighted by Crippen LogP contribution is -2.53. The largest absolute Gasteiger partial charge is 0.512 e. The molecule has 0 unspecified atom stereocenters. The predicted molar refractivity (Wildman–Crippen MR) is 134 cm³/mol. The van der Waals surface area contributed by atoms with Crippen LogP contribution in [0.25, 0.3) is 10.9 Å². The number of benzene rings is 1. The molecule has 0 saturated carbocycles. The van der Waals surface area contributed by atoms with Gasteiger partial charge < -0.3 is 20.1 Å². The van der Waals surface area contributed by atoms with Gasteiger partial charge in [0.05, 0.1) is 12.9 Å². The van der Waals surface area contributed by atoms with Crippen molar-refractivity contribution in [1.82, 2.24) is 20.1 Å². The summed E-state index contributed by atoms with van der Waals surface area (Å²) in [6.45, 7) is 7.09. The summed E-state index contributed by atoms with van der Waals surface area (Å²) in [5, 5.41) is 14.3. The number of aromatic amines is 1. The Balaban J connectivity index is 1.61. The van der Waals surface area contributed by atoms with Gasteiger partial charge in [0.25, 0.3) is 5.91 Å². The molecule has 0 spiro atoms. The average Bonchev–Trinajstić information content (AvgIpc) is 3.28. The molecule has 1 aromatic heterocycles. The van der Waals surface area contributed by atoms with E-state index in [1.165, 1.54) is 18.1 Å². The van der Waals surface area contributed by atoms with Crippen molar-refractivity contribution in [3.05, 3.63) is 65.3 Å². The number of aliphatic hydroxyl groups excluding tert-OH is 1. The van der Waals surface area contributed by atoms with Crippen LogP contribution in [0.3, 0.4) is 0 Å². The Morgan fingerprint density at radius 3 is 2.92 bits per heavy atom. The van der Waals surface area contributed by atoms with Crippen LogP contribution in [0, 0.1) is 5.82 Å². The van der Waals surface area contributed by atoms with Gasteiger partial charge in [-0.1, -0.05) is 12.2 Å². The van der Waals surface area contributed by atoms with Crippen LogP contribution in [0.2, 0.25) is 0 Å². The number of fused-ring (bicyclic) bond motifs is 4. The molecular weight excluding hydrogens is 463 g/mol. The third kappa shape index (κ3) is 3.69. The summed E-state index contributed by atoms with van der Waals surface area (Å²) in [7, 11) is 1.41. The van der Waals surface area contributed by atoms with E-state index in [-0.39, 0.29) is 29.9 Å². The van der Waals surface area contributed by atoms with E-state index >= 15 is 0 Å². The molecular formula is C27H31FN4O4. The van der Waals surface area contributed by atoms with Gasteiger partial charge in [0.1, 0.15) is 11.6 Å². The van der Waals surface area contributed by atoms with E-state index in [1.807, 2.05) is 6.08 Å². The Bertz CT molecular complexity index is 1310. The van der Waals surface area contributed by atoms with E-state index < -0.39 is 17.4 Å². The van der Waals surface area contributed by atoms with Gasteiger partial charge in [0.15, 0.2) is 11.6 Å². The van der Waals surface area contributed by atoms with E-state index in [0.717, 1.165) is 22.2 Å². The number of carbonyl (C=O) groups is 2. The fraction of sp³-hybridized carbons (Fsp3) is 0.407. The van der Waals surface area contributed by atoms with Crippen molar-refractivity contribution < 1.29 is 23.8 Å². The molecule has 1 saturated heterocycles. The number of hydrogen-bond acceptors (Lipinski definition) is 5. The zero-order valence-electron chi connectivity index (χ0n) is 20.6. The normalized spacial score (nSPS) is 23.5. The number of halogens is 1. The Hall–Kier alpha value is -3.59. The number of allylic oxidation sites excluding steroid dienone is 2. The maximum absolute atomic E-state index is 14.5. The molecule has 0 bridgehead atoms. The molecule has 36 heavy (non-hydrogen) atoms. The third-order valence-corrected chi connectivity index (χ3v) is 7.39. The summed E-state index contributed by atoms with van der Waals surface area (Å²) >= 11 is 0. The number of imide groups is 1. The first kappa shape index (κ1) is 24.1. The number of hydrogen-bond donors (Lipinski definition) is 3. The second kappa shape index (κ2) is 9.13. The quantitative estimate of drug-likeness (QED) is 0.289. The minimum absolute atomic E-state index is 0.116. The highest BCUT2D eigenvalue weighted by Gasteiger charge is 2.60. The Morgan fingerprint density at radius 2 is 2.19 bits per heavy atom. The van der Waals surface area contributed by atoms with Crippen LogP contribution in [-0.4, -0.2) is 64.1 Å². The molecule has 9 heteroatoms. The van der Waals surface area contributed by atoms with Crippen molar-refractivity contribution in [3.63, 3.8) is 0 Å². The number of nitrogens with one attached hydrogen (secondary N) is 2. The van der Waals surface area contributed by atoms with Crippen LogP contribution in [0.15, 0.2) is 48.3 Å². The summed E-state index contributed by atoms with van der Waals surface area (Å²) in [5.41, 5.74) is 1.76. The zero-order chi connectivity index (χ0) is 25.6. The van der Waals surface area contributed by atoms with Crippen molar-refractivity contribution in [2.75, 3.05) is 26.7 Å². The molecule has 3 amide bonds. The summed E-state index contributed by atoms with van der Waals surface area (Å²) in [6.07, 6.45) is 7.48. The van der Waals surface area contributed by atoms with Gasteiger partial charge in [0, 0.05) is 48.6 Å². The van der Waals surface area contributed by atoms with Gasteiger partial charge in [-0.3, -0.25) is 14.6 Å². The molecule has 3 aliphatic rings. The number of rotatable bonds is 8. The van der Waals surface area contributed by atoms with E-state index in [2.05, 4.69) is 16.9 Å². The van der Waals surface area contributed by atoms with Crippen LogP contribution in [-0.2, 0) is 11.2 Å². The molecule has 3 N–H and O–H groups in total. The summed E-state index contributed by atoms with van der Waals surface area (Å²) in [4.78, 5) is 33.9. The van der Waals surface area contributed by atoms with Crippen molar-refractivity contribution in [1.29, 1.82) is 0 Å². The number of aliphatic hydroxyl groups is 1. The lowest BCUT2D eigenvalue weighted by Gasteiger charge is -2.43. The van der Waals surface area contributed by atoms with Crippen LogP contribution in [0.4, 0.5) is 9.18 Å². The number of nitrogens with zero attached hydrogens (tertiary/aromatic N) is 2. The first-order valence-corrected chi connectivity index (χ1v) is 12.2. The summed E-state index contributed by atoms with van der Waals surface area (Å²) < 4.78 is 19.7. The smallest absolute Gasteiger partial charge is 0.328 e. The highest BCUT2D eigenvalue weighted by atomic mass is 19.1. The number of aromatic nitrogens is 1. The molecule has 1 aliphatic carbocycles. The molecule has 1 aromatic carbocycles. The fourth-order valence-corrected chi connectivity index (χ4v) is 5.68. The second-order valence-corrected chi connectivity index (χ2v) is 9.74. The minimum Gasteiger partial charge on any atom is -0.512 e. The third-order valence-electron chi connectivity index (χ3n) is 7.39. The standard InChI is InChI=1S/C27H31FN4O4/c1-4-9-29-10-6-11-31-25(34)27(2)15-19-18-13-22(36-3)20(28)14-21(18)30-23(19)24(32(27)26(31)35)16-7-5-8-17(33)12-16/h4,7,12-14,24,29-30,33H,1,5-6,8-11,15H2,2-3H3/t24-,27+/m1/s1. The Labute approximate surface area is 209 Å². The molecule has 0 radical (unpaired) electrons. The lowest BCUT2D eigenvalue weighted by atomic mass is 9.80. The van der Waals surface area contributed by atoms with Crippen LogP contribution >= 0.6 is 0 Å². The predicted octanol–water partition coefficient (Wildman–Crippen LogP) is 4.26. The van der Waals surface area contributed by atoms with Gasteiger partial charge in [0.2, 0.25) is 0 Å². The van der Waals surface area contributed by atoms with E-state index in [0.29, 0.717) is 44.4 Å². The topological polar surface area (TPSA) is 97.9 Å². The Morgan fingerprint density at radius 1 is 1.39 bits per heavy atom. The lowest BCUT2D eigenvalue weighted by molar-refractivity contribution is -0.133. The van der Waals surface area contributed by atoms with Gasteiger partial charge >= 0.3 is 6.03 Å². The minimum atomic E-state index is -1.12. The van der Waals surface area contributed by atoms with Gasteiger partial charge in [-0.05, 0) is 49.6 Å². The van der Waals surface area contributed by atoms with Crippen LogP contribution < -0.4 is 10.1 Å². The van der Waals surface area contributed by atoms with Gasteiger partial charge in [-0.15, -0.1) is 6.58 Å². The van der Waals surface area contributed by atoms with Crippen molar-refractivity contribution in [3.8, 4) is 5.75 Å². The first-order valence-electron chi connectivity index (χ1n) is 12.2. The first-order chi connectivity index (χ1) is 17.3. The number of H-pyrrole nitrogens is 1. The van der Waals surface area contributed by atoms with E-state index in [1.54, 1.807) is 30.0 Å². The Kier molecular flexibility index (Phi) is 6.12. The zero-order valence-corrected chi connectivity index (χ0v) is 20.6. The molecule has 1 fully saturated rings. The van der Waals surface area contributed by atoms with Crippen molar-refractivity contribution in [2.45, 2.75) is 44.2 Å². The number of urea groups is 1. The molecule has 2 aromatic rings. The highest BCUT2D eigenvalue weighted by molar-refractivity contribution is 6.08. The van der Waals surface area contributed by atoms with Crippen LogP contribution in [0.1, 0.15) is 43.5 Å². The highest BCUT2D eigenvalue weighted by Crippen LogP contribution is 2.50. The SMILES string of the molecule is C=CCNCCCN1C(=O)N2[C@H](C3=CCCC(O)=C3)c3[nH]c4cc(F)c(OC)cc4c3C[C@@]2(C)C1=O. The molecule has 3 heterocycles. The maximum Gasteiger partial charge on any atom is 0.328 e. The average molecular weight is 495 g/mol. The fourth-order valence-electron chi connectivity index (χ4n) is 5.68. The number of methoxy groups -OCH3 is 1. The van der Waals surface area contributed by atoms with Crippen molar-refractivity contribution >= 4 is 22.8 Å². The van der Waals surface area contributed by atoms with Gasteiger partial charge in [-0.25, -0.2) is 9.18 Å². The van der Waals surface area contributed by atoms with Crippen molar-refractivity contribution in [2.24, 2.45) is 0 Å². The number of amides is 3. The van der Waals surface area contributed by atoms with Gasteiger partial charge in [-0.2, -0.15) is 0 Å². The number of carbonyl (C=O) groups excluding carboxylic acids is 2. The van der Waals surface area contributed by atoms with Crippen LogP contribution in [0.5, 0.6) is 5.75 Å². The number of ether oxygens (including phenoxy) is 1. The second-order valence-electron chi connectivity index (χ2n) is 9.74. The molecule has 5 rings (SSSR count). The van der Waals surface area contributed by atoms with E-state index in [9.17, 15) is 19.1 Å². The summed E-state index contributed by atoms with van der Waals surface area (Å²) in [6, 6.07) is 2.04. The molecule has 8 nitrogen and oxygen atoms in total. The molecule has 2 aliphatic heterocycles. The monoisotopic (exact) mass is 494 g/mol.